The van der Waals surface area contributed by atoms with Gasteiger partial charge in [-0.1, -0.05) is 30.3 Å². The highest BCUT2D eigenvalue weighted by molar-refractivity contribution is 5.98. The van der Waals surface area contributed by atoms with E-state index in [0.29, 0.717) is 31.1 Å². The summed E-state index contributed by atoms with van der Waals surface area (Å²) in [6, 6.07) is 23.3. The number of ether oxygens (including phenoxy) is 1. The molecule has 0 bridgehead atoms. The number of aliphatic imine (C=N–C) groups is 1. The number of piperidine rings is 1. The topological polar surface area (TPSA) is 63.2 Å². The quantitative estimate of drug-likeness (QED) is 0.587. The van der Waals surface area contributed by atoms with Crippen LogP contribution in [0.5, 0.6) is 5.75 Å². The monoisotopic (exact) mass is 459 g/mol. The van der Waals surface area contributed by atoms with Crippen LogP contribution in [-0.4, -0.2) is 36.0 Å². The molecule has 0 spiro atoms. The molecule has 1 N–H and O–H groups in total. The van der Waals surface area contributed by atoms with Crippen molar-refractivity contribution < 1.29 is 18.8 Å². The summed E-state index contributed by atoms with van der Waals surface area (Å²) in [5.41, 5.74) is 5.22. The molecule has 0 saturated carbocycles. The summed E-state index contributed by atoms with van der Waals surface area (Å²) < 4.78 is 19.0. The number of hydroxylamine groups is 1. The minimum atomic E-state index is -0.388. The zero-order chi connectivity index (χ0) is 23.3. The molecule has 1 fully saturated rings. The Kier molecular flexibility index (Phi) is 6.53. The Bertz CT molecular complexity index is 1170. The van der Waals surface area contributed by atoms with Crippen molar-refractivity contribution in [1.82, 2.24) is 10.4 Å². The average molecular weight is 460 g/mol. The molecule has 2 aliphatic rings. The number of hydrogen-bond acceptors (Lipinski definition) is 5. The maximum atomic E-state index is 13.3. The molecule has 0 aromatic heterocycles. The maximum Gasteiger partial charge on any atom is 0.253 e. The van der Waals surface area contributed by atoms with E-state index in [-0.39, 0.29) is 23.9 Å². The molecule has 3 aromatic carbocycles. The van der Waals surface area contributed by atoms with Crippen LogP contribution in [0.3, 0.4) is 0 Å². The van der Waals surface area contributed by atoms with Crippen LogP contribution in [0.1, 0.15) is 34.3 Å². The number of carbonyl (C=O) groups is 1. The summed E-state index contributed by atoms with van der Waals surface area (Å²) in [5, 5.41) is 0. The van der Waals surface area contributed by atoms with Crippen LogP contribution in [0.25, 0.3) is 0 Å². The first kappa shape index (κ1) is 22.1. The zero-order valence-corrected chi connectivity index (χ0v) is 18.7. The molecule has 5 rings (SSSR count). The first-order valence-electron chi connectivity index (χ1n) is 11.5. The number of carbonyl (C=O) groups excluding carboxylic acids is 1. The van der Waals surface area contributed by atoms with Crippen molar-refractivity contribution in [1.29, 1.82) is 0 Å². The smallest absolute Gasteiger partial charge is 0.253 e. The summed E-state index contributed by atoms with van der Waals surface area (Å²) >= 11 is 0. The van der Waals surface area contributed by atoms with Crippen molar-refractivity contribution in [2.24, 2.45) is 10.9 Å². The van der Waals surface area contributed by atoms with E-state index in [1.807, 2.05) is 59.5 Å². The minimum absolute atomic E-state index is 0.0000418. The number of halogens is 1. The predicted octanol–water partition coefficient (Wildman–Crippen LogP) is 4.56. The number of amidine groups is 1. The minimum Gasteiger partial charge on any atom is -0.489 e. The van der Waals surface area contributed by atoms with Crippen molar-refractivity contribution in [2.45, 2.75) is 25.7 Å². The molecule has 2 heterocycles. The van der Waals surface area contributed by atoms with Gasteiger partial charge < -0.3 is 9.64 Å². The third-order valence-electron chi connectivity index (χ3n) is 6.12. The molecule has 1 amide bonds. The molecule has 3 aromatic rings. The maximum absolute atomic E-state index is 13.3. The zero-order valence-electron chi connectivity index (χ0n) is 18.7. The number of amides is 1. The van der Waals surface area contributed by atoms with E-state index in [1.54, 1.807) is 12.1 Å². The Balaban J connectivity index is 1.22. The Morgan fingerprint density at radius 2 is 1.91 bits per heavy atom. The highest BCUT2D eigenvalue weighted by atomic mass is 19.1. The molecule has 6 nitrogen and oxygen atoms in total. The second-order valence-corrected chi connectivity index (χ2v) is 8.55. The normalized spacial score (nSPS) is 19.9. The number of hydrogen-bond donors (Lipinski definition) is 1. The summed E-state index contributed by atoms with van der Waals surface area (Å²) in [4.78, 5) is 25.5. The van der Waals surface area contributed by atoms with Gasteiger partial charge in [0.2, 0.25) is 0 Å². The van der Waals surface area contributed by atoms with E-state index in [0.717, 1.165) is 29.7 Å². The highest BCUT2D eigenvalue weighted by Gasteiger charge is 2.33. The number of nitrogens with zero attached hydrogens (tertiary/aromatic N) is 2. The van der Waals surface area contributed by atoms with Crippen molar-refractivity contribution >= 4 is 11.7 Å². The van der Waals surface area contributed by atoms with Crippen LogP contribution in [0, 0.1) is 11.7 Å². The van der Waals surface area contributed by atoms with Crippen LogP contribution < -0.4 is 10.2 Å². The van der Waals surface area contributed by atoms with Gasteiger partial charge >= 0.3 is 0 Å². The lowest BCUT2D eigenvalue weighted by molar-refractivity contribution is -0.0191. The van der Waals surface area contributed by atoms with E-state index in [4.69, 9.17) is 9.57 Å². The Morgan fingerprint density at radius 3 is 2.74 bits per heavy atom. The molecule has 0 aliphatic carbocycles. The summed E-state index contributed by atoms with van der Waals surface area (Å²) in [5.74, 6) is 1.16. The van der Waals surface area contributed by atoms with Crippen LogP contribution in [0.4, 0.5) is 4.39 Å². The number of likely N-dealkylation sites (tertiary alicyclic amines) is 1. The van der Waals surface area contributed by atoms with Gasteiger partial charge in [-0.15, -0.1) is 0 Å². The van der Waals surface area contributed by atoms with Crippen molar-refractivity contribution in [2.75, 3.05) is 13.1 Å². The summed E-state index contributed by atoms with van der Waals surface area (Å²) in [7, 11) is 0. The molecule has 1 unspecified atom stereocenters. The SMILES string of the molecule is O=C(c1cccc(COc2ccccc2)c1)N1CCC[C@H](C2N=C(c3ccc(F)cc3)NO2)C1. The third-order valence-corrected chi connectivity index (χ3v) is 6.12. The van der Waals surface area contributed by atoms with Gasteiger partial charge in [0.1, 0.15) is 18.2 Å². The first-order chi connectivity index (χ1) is 16.7. The second-order valence-electron chi connectivity index (χ2n) is 8.55. The number of para-hydroxylation sites is 1. The van der Waals surface area contributed by atoms with Crippen LogP contribution in [-0.2, 0) is 11.4 Å². The average Bonchev–Trinajstić information content (AvgIpc) is 3.39. The van der Waals surface area contributed by atoms with Gasteiger partial charge in [0.15, 0.2) is 12.1 Å². The Morgan fingerprint density at radius 1 is 1.09 bits per heavy atom. The third kappa shape index (κ3) is 5.10. The number of rotatable bonds is 6. The lowest BCUT2D eigenvalue weighted by Gasteiger charge is -2.34. The van der Waals surface area contributed by atoms with Gasteiger partial charge in [0.25, 0.3) is 5.91 Å². The largest absolute Gasteiger partial charge is 0.489 e. The molecule has 1 saturated heterocycles. The standard InChI is InChI=1S/C27H26FN3O3/c28-23-13-11-20(12-14-23)25-29-26(34-30-25)22-8-5-15-31(17-22)27(32)21-7-4-6-19(16-21)18-33-24-9-2-1-3-10-24/h1-4,6-7,9-14,16,22,26H,5,8,15,17-18H2,(H,29,30)/t22-,26?/m0/s1. The number of nitrogens with one attached hydrogen (secondary N) is 1. The van der Waals surface area contributed by atoms with Crippen molar-refractivity contribution in [3.05, 3.63) is 101 Å². The summed E-state index contributed by atoms with van der Waals surface area (Å²) in [6.07, 6.45) is 1.41. The molecular weight excluding hydrogens is 433 g/mol. The fourth-order valence-corrected chi connectivity index (χ4v) is 4.33. The van der Waals surface area contributed by atoms with E-state index in [1.165, 1.54) is 12.1 Å². The van der Waals surface area contributed by atoms with Gasteiger partial charge in [-0.05, 0) is 66.9 Å². The lowest BCUT2D eigenvalue weighted by atomic mass is 9.95. The molecule has 34 heavy (non-hydrogen) atoms. The van der Waals surface area contributed by atoms with Crippen LogP contribution in [0.2, 0.25) is 0 Å². The Hall–Kier alpha value is -3.71. The summed E-state index contributed by atoms with van der Waals surface area (Å²) in [6.45, 7) is 1.67. The molecule has 7 heteroatoms. The highest BCUT2D eigenvalue weighted by Crippen LogP contribution is 2.26. The van der Waals surface area contributed by atoms with E-state index < -0.39 is 0 Å². The van der Waals surface area contributed by atoms with Crippen LogP contribution >= 0.6 is 0 Å². The van der Waals surface area contributed by atoms with Gasteiger partial charge in [-0.25, -0.2) is 19.7 Å². The molecule has 2 aliphatic heterocycles. The van der Waals surface area contributed by atoms with Gasteiger partial charge in [-0.2, -0.15) is 0 Å². The van der Waals surface area contributed by atoms with E-state index >= 15 is 0 Å². The van der Waals surface area contributed by atoms with Gasteiger partial charge in [-0.3, -0.25) is 4.79 Å². The second kappa shape index (κ2) is 10.1. The fourth-order valence-electron chi connectivity index (χ4n) is 4.33. The van der Waals surface area contributed by atoms with Gasteiger partial charge in [0, 0.05) is 30.1 Å². The predicted molar refractivity (Wildman–Crippen MR) is 127 cm³/mol. The molecular formula is C27H26FN3O3. The lowest BCUT2D eigenvalue weighted by Crippen LogP contribution is -2.43. The fraction of sp³-hybridized carbons (Fsp3) is 0.259. The van der Waals surface area contributed by atoms with Gasteiger partial charge in [0.05, 0.1) is 0 Å². The van der Waals surface area contributed by atoms with Crippen molar-refractivity contribution in [3.63, 3.8) is 0 Å². The van der Waals surface area contributed by atoms with Crippen molar-refractivity contribution in [3.8, 4) is 5.75 Å². The Labute approximate surface area is 198 Å². The first-order valence-corrected chi connectivity index (χ1v) is 11.5. The number of benzene rings is 3. The molecule has 2 atom stereocenters. The molecule has 174 valence electrons. The van der Waals surface area contributed by atoms with E-state index in [2.05, 4.69) is 10.5 Å². The van der Waals surface area contributed by atoms with Crippen LogP contribution in [0.15, 0.2) is 83.9 Å². The molecule has 0 radical (unpaired) electrons. The van der Waals surface area contributed by atoms with E-state index in [9.17, 15) is 9.18 Å².